The van der Waals surface area contributed by atoms with Crippen LogP contribution in [0, 0.1) is 0 Å². The van der Waals surface area contributed by atoms with Gasteiger partial charge in [-0.05, 0) is 31.2 Å². The van der Waals surface area contributed by atoms with Crippen molar-refractivity contribution in [3.05, 3.63) is 36.7 Å². The second kappa shape index (κ2) is 4.85. The minimum Gasteiger partial charge on any atom is -0.495 e. The number of benzene rings is 1. The molecule has 3 aromatic rings. The van der Waals surface area contributed by atoms with Gasteiger partial charge in [-0.2, -0.15) is 0 Å². The number of fused-ring (bicyclic) bond motifs is 1. The first-order valence-electron chi connectivity index (χ1n) is 6.48. The number of nitrogens with two attached hydrogens (primary N) is 1. The Morgan fingerprint density at radius 2 is 2.15 bits per heavy atom. The Kier molecular flexibility index (Phi) is 3.02. The smallest absolute Gasteiger partial charge is 0.141 e. The number of anilines is 1. The summed E-state index contributed by atoms with van der Waals surface area (Å²) in [7, 11) is 1.61. The highest BCUT2D eigenvalue weighted by molar-refractivity contribution is 5.80. The molecule has 1 aromatic carbocycles. The number of aromatic nitrogens is 3. The maximum atomic E-state index is 5.98. The van der Waals surface area contributed by atoms with Crippen molar-refractivity contribution in [1.29, 1.82) is 0 Å². The van der Waals surface area contributed by atoms with E-state index in [9.17, 15) is 0 Å². The summed E-state index contributed by atoms with van der Waals surface area (Å²) < 4.78 is 7.34. The molecule has 0 aliphatic rings. The summed E-state index contributed by atoms with van der Waals surface area (Å²) in [4.78, 5) is 8.77. The summed E-state index contributed by atoms with van der Waals surface area (Å²) in [6.45, 7) is 2.93. The van der Waals surface area contributed by atoms with Crippen LogP contribution < -0.4 is 10.5 Å². The SMILES string of the molecule is CCn1c(-c2ccc(OC)c(N)c2)nc2cnccc21. The molecule has 0 amide bonds. The third-order valence-corrected chi connectivity index (χ3v) is 3.35. The van der Waals surface area contributed by atoms with Crippen molar-refractivity contribution in [2.75, 3.05) is 12.8 Å². The average Bonchev–Trinajstić information content (AvgIpc) is 2.85. The normalized spacial score (nSPS) is 10.9. The first kappa shape index (κ1) is 12.5. The Bertz CT molecular complexity index is 764. The largest absolute Gasteiger partial charge is 0.495 e. The molecule has 5 heteroatoms. The highest BCUT2D eigenvalue weighted by atomic mass is 16.5. The number of ether oxygens (including phenoxy) is 1. The van der Waals surface area contributed by atoms with Crippen LogP contribution in [0.4, 0.5) is 5.69 Å². The number of nitrogens with zero attached hydrogens (tertiary/aromatic N) is 3. The molecule has 0 saturated heterocycles. The zero-order valence-corrected chi connectivity index (χ0v) is 11.5. The number of pyridine rings is 1. The van der Waals surface area contributed by atoms with Gasteiger partial charge in [0.15, 0.2) is 0 Å². The Morgan fingerprint density at radius 1 is 1.30 bits per heavy atom. The van der Waals surface area contributed by atoms with Gasteiger partial charge in [-0.15, -0.1) is 0 Å². The summed E-state index contributed by atoms with van der Waals surface area (Å²) in [6, 6.07) is 7.69. The Labute approximate surface area is 117 Å². The van der Waals surface area contributed by atoms with Gasteiger partial charge in [0.1, 0.15) is 17.1 Å². The number of hydrogen-bond donors (Lipinski definition) is 1. The predicted molar refractivity (Wildman–Crippen MR) is 79.6 cm³/mol. The van der Waals surface area contributed by atoms with Gasteiger partial charge in [0.25, 0.3) is 0 Å². The Hall–Kier alpha value is -2.56. The number of rotatable bonds is 3. The molecule has 2 heterocycles. The van der Waals surface area contributed by atoms with Crippen molar-refractivity contribution < 1.29 is 4.74 Å². The van der Waals surface area contributed by atoms with Crippen LogP contribution in [0.1, 0.15) is 6.92 Å². The van der Waals surface area contributed by atoms with Crippen molar-refractivity contribution in [2.45, 2.75) is 13.5 Å². The molecule has 0 atom stereocenters. The van der Waals surface area contributed by atoms with Crippen molar-refractivity contribution in [3.63, 3.8) is 0 Å². The lowest BCUT2D eigenvalue weighted by atomic mass is 10.1. The topological polar surface area (TPSA) is 66.0 Å². The van der Waals surface area contributed by atoms with E-state index in [0.29, 0.717) is 11.4 Å². The number of imidazole rings is 1. The first-order valence-corrected chi connectivity index (χ1v) is 6.48. The van der Waals surface area contributed by atoms with Gasteiger partial charge in [0.05, 0.1) is 24.5 Å². The van der Waals surface area contributed by atoms with E-state index < -0.39 is 0 Å². The van der Waals surface area contributed by atoms with Gasteiger partial charge < -0.3 is 15.0 Å². The van der Waals surface area contributed by atoms with Crippen LogP contribution in [-0.2, 0) is 6.54 Å². The van der Waals surface area contributed by atoms with Crippen molar-refractivity contribution in [2.24, 2.45) is 0 Å². The van der Waals surface area contributed by atoms with Gasteiger partial charge in [-0.3, -0.25) is 4.98 Å². The van der Waals surface area contributed by atoms with E-state index in [0.717, 1.165) is 29.0 Å². The zero-order valence-electron chi connectivity index (χ0n) is 11.5. The molecule has 0 unspecified atom stereocenters. The first-order chi connectivity index (χ1) is 9.74. The molecular formula is C15H16N4O. The summed E-state index contributed by atoms with van der Waals surface area (Å²) in [6.07, 6.45) is 3.56. The van der Waals surface area contributed by atoms with E-state index >= 15 is 0 Å². The fourth-order valence-electron chi connectivity index (χ4n) is 2.40. The molecule has 0 spiro atoms. The average molecular weight is 268 g/mol. The molecule has 102 valence electrons. The monoisotopic (exact) mass is 268 g/mol. The maximum absolute atomic E-state index is 5.98. The van der Waals surface area contributed by atoms with E-state index in [1.807, 2.05) is 24.3 Å². The summed E-state index contributed by atoms with van der Waals surface area (Å²) >= 11 is 0. The molecule has 0 aliphatic heterocycles. The van der Waals surface area contributed by atoms with Crippen molar-refractivity contribution >= 4 is 16.7 Å². The maximum Gasteiger partial charge on any atom is 0.141 e. The van der Waals surface area contributed by atoms with Gasteiger partial charge in [0, 0.05) is 18.3 Å². The predicted octanol–water partition coefficient (Wildman–Crippen LogP) is 2.71. The molecule has 0 aliphatic carbocycles. The van der Waals surface area contributed by atoms with E-state index in [4.69, 9.17) is 10.5 Å². The summed E-state index contributed by atoms with van der Waals surface area (Å²) in [5.74, 6) is 1.57. The van der Waals surface area contributed by atoms with Gasteiger partial charge in [-0.25, -0.2) is 4.98 Å². The lowest BCUT2D eigenvalue weighted by Gasteiger charge is -2.09. The zero-order chi connectivity index (χ0) is 14.1. The van der Waals surface area contributed by atoms with Crippen LogP contribution >= 0.6 is 0 Å². The van der Waals surface area contributed by atoms with Crippen LogP contribution in [0.5, 0.6) is 5.75 Å². The minimum absolute atomic E-state index is 0.609. The van der Waals surface area contributed by atoms with Crippen LogP contribution in [0.2, 0.25) is 0 Å². The number of hydrogen-bond acceptors (Lipinski definition) is 4. The number of nitrogen functional groups attached to an aromatic ring is 1. The third kappa shape index (κ3) is 1.87. The number of aryl methyl sites for hydroxylation is 1. The van der Waals surface area contributed by atoms with Crippen molar-refractivity contribution in [3.8, 4) is 17.1 Å². The Balaban J connectivity index is 2.21. The third-order valence-electron chi connectivity index (χ3n) is 3.35. The van der Waals surface area contributed by atoms with Crippen LogP contribution in [-0.4, -0.2) is 21.6 Å². The van der Waals surface area contributed by atoms with Crippen LogP contribution in [0.25, 0.3) is 22.4 Å². The fraction of sp³-hybridized carbons (Fsp3) is 0.200. The molecule has 0 bridgehead atoms. The molecule has 5 nitrogen and oxygen atoms in total. The van der Waals surface area contributed by atoms with E-state index in [1.165, 1.54) is 0 Å². The second-order valence-electron chi connectivity index (χ2n) is 4.50. The highest BCUT2D eigenvalue weighted by Gasteiger charge is 2.12. The molecule has 2 aromatic heterocycles. The summed E-state index contributed by atoms with van der Waals surface area (Å²) in [5.41, 5.74) is 9.53. The molecule has 3 rings (SSSR count). The molecule has 20 heavy (non-hydrogen) atoms. The standard InChI is InChI=1S/C15H16N4O/c1-3-19-13-6-7-17-9-12(13)18-15(19)10-4-5-14(20-2)11(16)8-10/h4-9H,3,16H2,1-2H3. The second-order valence-corrected chi connectivity index (χ2v) is 4.50. The molecule has 0 fully saturated rings. The minimum atomic E-state index is 0.609. The van der Waals surface area contributed by atoms with Gasteiger partial charge in [0.2, 0.25) is 0 Å². The van der Waals surface area contributed by atoms with Gasteiger partial charge >= 0.3 is 0 Å². The van der Waals surface area contributed by atoms with E-state index in [2.05, 4.69) is 21.5 Å². The van der Waals surface area contributed by atoms with Crippen molar-refractivity contribution in [1.82, 2.24) is 14.5 Å². The van der Waals surface area contributed by atoms with Gasteiger partial charge in [-0.1, -0.05) is 0 Å². The molecule has 2 N–H and O–H groups in total. The van der Waals surface area contributed by atoms with E-state index in [-0.39, 0.29) is 0 Å². The van der Waals surface area contributed by atoms with E-state index in [1.54, 1.807) is 19.5 Å². The van der Waals surface area contributed by atoms with Crippen LogP contribution in [0.3, 0.4) is 0 Å². The Morgan fingerprint density at radius 3 is 2.85 bits per heavy atom. The lowest BCUT2D eigenvalue weighted by Crippen LogP contribution is -1.99. The van der Waals surface area contributed by atoms with Crippen LogP contribution in [0.15, 0.2) is 36.7 Å². The number of methoxy groups -OCH3 is 1. The molecule has 0 radical (unpaired) electrons. The molecular weight excluding hydrogens is 252 g/mol. The quantitative estimate of drug-likeness (QED) is 0.742. The summed E-state index contributed by atoms with van der Waals surface area (Å²) in [5, 5.41) is 0. The highest BCUT2D eigenvalue weighted by Crippen LogP contribution is 2.29. The lowest BCUT2D eigenvalue weighted by molar-refractivity contribution is 0.417. The fourth-order valence-corrected chi connectivity index (χ4v) is 2.40. The molecule has 0 saturated carbocycles.